The maximum Gasteiger partial charge on any atom is 0.339 e. The molecule has 176 valence electrons. The second-order valence-corrected chi connectivity index (χ2v) is 9.23. The van der Waals surface area contributed by atoms with Crippen molar-refractivity contribution in [3.8, 4) is 0 Å². The fourth-order valence-electron chi connectivity index (χ4n) is 4.04. The van der Waals surface area contributed by atoms with Crippen molar-refractivity contribution in [1.82, 2.24) is 0 Å². The highest BCUT2D eigenvalue weighted by Crippen LogP contribution is 2.34. The van der Waals surface area contributed by atoms with Crippen LogP contribution in [-0.2, 0) is 9.53 Å². The Morgan fingerprint density at radius 1 is 1.18 bits per heavy atom. The molecule has 8 nitrogen and oxygen atoms in total. The maximum atomic E-state index is 12.6. The number of carbonyl (C=O) groups excluding carboxylic acids is 2. The number of piperidine rings is 1. The highest BCUT2D eigenvalue weighted by atomic mass is 35.5. The third-order valence-corrected chi connectivity index (χ3v) is 6.30. The molecular weight excluding hydrogens is 469 g/mol. The van der Waals surface area contributed by atoms with E-state index in [1.165, 1.54) is 19.1 Å². The van der Waals surface area contributed by atoms with Crippen molar-refractivity contribution < 1.29 is 19.2 Å². The van der Waals surface area contributed by atoms with Gasteiger partial charge in [0.25, 0.3) is 11.6 Å². The number of esters is 1. The number of amides is 1. The quantitative estimate of drug-likeness (QED) is 0.320. The van der Waals surface area contributed by atoms with Crippen molar-refractivity contribution in [2.24, 2.45) is 11.8 Å². The van der Waals surface area contributed by atoms with E-state index in [9.17, 15) is 19.7 Å². The van der Waals surface area contributed by atoms with Crippen LogP contribution < -0.4 is 10.2 Å². The van der Waals surface area contributed by atoms with Gasteiger partial charge in [-0.25, -0.2) is 4.79 Å². The van der Waals surface area contributed by atoms with Crippen LogP contribution in [0.25, 0.3) is 0 Å². The minimum absolute atomic E-state index is 0.0102. The van der Waals surface area contributed by atoms with Gasteiger partial charge in [-0.1, -0.05) is 43.1 Å². The predicted octanol–water partition coefficient (Wildman–Crippen LogP) is 5.57. The molecule has 1 saturated heterocycles. The average molecular weight is 494 g/mol. The van der Waals surface area contributed by atoms with Crippen molar-refractivity contribution in [3.63, 3.8) is 0 Å². The van der Waals surface area contributed by atoms with E-state index >= 15 is 0 Å². The molecule has 1 N–H and O–H groups in total. The Bertz CT molecular complexity index is 1070. The summed E-state index contributed by atoms with van der Waals surface area (Å²) in [4.78, 5) is 38.3. The Kier molecular flexibility index (Phi) is 7.81. The molecule has 0 saturated carbocycles. The van der Waals surface area contributed by atoms with E-state index in [1.54, 1.807) is 24.3 Å². The lowest BCUT2D eigenvalue weighted by atomic mass is 9.91. The van der Waals surface area contributed by atoms with E-state index in [-0.39, 0.29) is 27.0 Å². The fourth-order valence-corrected chi connectivity index (χ4v) is 4.39. The molecule has 2 aromatic rings. The summed E-state index contributed by atoms with van der Waals surface area (Å²) in [6.07, 6.45) is -0.107. The van der Waals surface area contributed by atoms with Crippen LogP contribution in [0.2, 0.25) is 10.0 Å². The van der Waals surface area contributed by atoms with Gasteiger partial charge in [0.15, 0.2) is 6.10 Å². The summed E-state index contributed by atoms with van der Waals surface area (Å²) < 4.78 is 5.23. The number of hydrogen-bond acceptors (Lipinski definition) is 6. The number of halogens is 2. The number of hydrogen-bond donors (Lipinski definition) is 1. The number of benzene rings is 2. The number of rotatable bonds is 6. The number of carbonyl (C=O) groups is 2. The molecule has 3 atom stereocenters. The Morgan fingerprint density at radius 3 is 2.48 bits per heavy atom. The third kappa shape index (κ3) is 5.94. The minimum Gasteiger partial charge on any atom is -0.449 e. The highest BCUT2D eigenvalue weighted by Gasteiger charge is 2.29. The van der Waals surface area contributed by atoms with E-state index in [4.69, 9.17) is 27.9 Å². The fraction of sp³-hybridized carbons (Fsp3) is 0.391. The van der Waals surface area contributed by atoms with Crippen LogP contribution in [-0.4, -0.2) is 36.0 Å². The first-order chi connectivity index (χ1) is 15.6. The second-order valence-electron chi connectivity index (χ2n) is 8.45. The number of nitro groups is 1. The minimum atomic E-state index is -1.17. The van der Waals surface area contributed by atoms with Crippen LogP contribution in [0.5, 0.6) is 0 Å². The molecule has 3 rings (SSSR count). The van der Waals surface area contributed by atoms with Crippen molar-refractivity contribution in [2.75, 3.05) is 23.3 Å². The monoisotopic (exact) mass is 493 g/mol. The van der Waals surface area contributed by atoms with Gasteiger partial charge in [0.05, 0.1) is 26.2 Å². The number of nitrogens with zero attached hydrogens (tertiary/aromatic N) is 2. The standard InChI is InChI=1S/C23H25Cl2N3O5/c1-13-9-14(2)12-27(11-13)19-8-7-16(10-20(19)28(31)32)23(30)33-15(3)22(29)26-18-6-4-5-17(24)21(18)25/h4-8,10,13-15H,9,11-12H2,1-3H3,(H,26,29)/t13-,14+,15-/m0/s1. The summed E-state index contributed by atoms with van der Waals surface area (Å²) in [6.45, 7) is 7.04. The summed E-state index contributed by atoms with van der Waals surface area (Å²) in [5.41, 5.74) is 0.566. The number of nitrogens with one attached hydrogen (secondary N) is 1. The lowest BCUT2D eigenvalue weighted by molar-refractivity contribution is -0.384. The number of anilines is 2. The molecule has 10 heteroatoms. The van der Waals surface area contributed by atoms with Crippen molar-refractivity contribution >= 4 is 52.1 Å². The molecule has 1 amide bonds. The second kappa shape index (κ2) is 10.4. The van der Waals surface area contributed by atoms with E-state index in [0.717, 1.165) is 6.42 Å². The van der Waals surface area contributed by atoms with Gasteiger partial charge >= 0.3 is 5.97 Å². The summed E-state index contributed by atoms with van der Waals surface area (Å²) in [5.74, 6) is -0.643. The van der Waals surface area contributed by atoms with E-state index in [0.29, 0.717) is 30.6 Å². The Morgan fingerprint density at radius 2 is 1.85 bits per heavy atom. The molecule has 0 aromatic heterocycles. The Hall–Kier alpha value is -2.84. The molecule has 0 aliphatic carbocycles. The molecule has 33 heavy (non-hydrogen) atoms. The summed E-state index contributed by atoms with van der Waals surface area (Å²) in [6, 6.07) is 8.99. The van der Waals surface area contributed by atoms with Crippen LogP contribution in [0, 0.1) is 22.0 Å². The van der Waals surface area contributed by atoms with Gasteiger partial charge in [0.2, 0.25) is 0 Å². The van der Waals surface area contributed by atoms with Crippen LogP contribution >= 0.6 is 23.2 Å². The molecule has 1 fully saturated rings. The zero-order valence-corrected chi connectivity index (χ0v) is 20.0. The zero-order valence-electron chi connectivity index (χ0n) is 18.5. The molecule has 1 aliphatic rings. The van der Waals surface area contributed by atoms with Gasteiger partial charge in [-0.2, -0.15) is 0 Å². The summed E-state index contributed by atoms with van der Waals surface area (Å²) in [5, 5.41) is 14.7. The first-order valence-electron chi connectivity index (χ1n) is 10.6. The third-order valence-electron chi connectivity index (χ3n) is 5.48. The van der Waals surface area contributed by atoms with E-state index < -0.39 is 22.9 Å². The predicted molar refractivity (Wildman–Crippen MR) is 128 cm³/mol. The summed E-state index contributed by atoms with van der Waals surface area (Å²) in [7, 11) is 0. The largest absolute Gasteiger partial charge is 0.449 e. The van der Waals surface area contributed by atoms with Gasteiger partial charge in [0.1, 0.15) is 5.69 Å². The molecule has 0 spiro atoms. The Labute approximate surface area is 202 Å². The highest BCUT2D eigenvalue weighted by molar-refractivity contribution is 6.44. The van der Waals surface area contributed by atoms with Crippen LogP contribution in [0.1, 0.15) is 37.6 Å². The zero-order chi connectivity index (χ0) is 24.3. The SMILES string of the molecule is C[C@@H]1C[C@H](C)CN(c2ccc(C(=O)O[C@@H](C)C(=O)Nc3cccc(Cl)c3Cl)cc2[N+](=O)[O-])C1. The van der Waals surface area contributed by atoms with Crippen LogP contribution in [0.4, 0.5) is 17.1 Å². The molecule has 0 unspecified atom stereocenters. The van der Waals surface area contributed by atoms with Gasteiger partial charge < -0.3 is 15.0 Å². The van der Waals surface area contributed by atoms with Crippen LogP contribution in [0.3, 0.4) is 0 Å². The van der Waals surface area contributed by atoms with Crippen molar-refractivity contribution in [2.45, 2.75) is 33.3 Å². The topological polar surface area (TPSA) is 102 Å². The maximum absolute atomic E-state index is 12.6. The Balaban J connectivity index is 1.74. The van der Waals surface area contributed by atoms with Crippen molar-refractivity contribution in [1.29, 1.82) is 0 Å². The van der Waals surface area contributed by atoms with E-state index in [2.05, 4.69) is 19.2 Å². The molecule has 2 aromatic carbocycles. The van der Waals surface area contributed by atoms with Gasteiger partial charge in [-0.15, -0.1) is 0 Å². The van der Waals surface area contributed by atoms with Gasteiger partial charge in [0, 0.05) is 19.2 Å². The molecule has 1 heterocycles. The van der Waals surface area contributed by atoms with Crippen molar-refractivity contribution in [3.05, 3.63) is 62.1 Å². The summed E-state index contributed by atoms with van der Waals surface area (Å²) >= 11 is 12.0. The molecule has 1 aliphatic heterocycles. The number of ether oxygens (including phenoxy) is 1. The van der Waals surface area contributed by atoms with Gasteiger partial charge in [-0.05, 0) is 49.4 Å². The first kappa shape index (κ1) is 24.8. The first-order valence-corrected chi connectivity index (χ1v) is 11.3. The van der Waals surface area contributed by atoms with E-state index in [1.807, 2.05) is 4.90 Å². The molecule has 0 bridgehead atoms. The van der Waals surface area contributed by atoms with Crippen LogP contribution in [0.15, 0.2) is 36.4 Å². The lowest BCUT2D eigenvalue weighted by Crippen LogP contribution is -2.39. The number of nitro benzene ring substituents is 1. The smallest absolute Gasteiger partial charge is 0.339 e. The molecule has 0 radical (unpaired) electrons. The normalized spacial score (nSPS) is 19.0. The molecular formula is C23H25Cl2N3O5. The average Bonchev–Trinajstić information content (AvgIpc) is 2.75. The van der Waals surface area contributed by atoms with Gasteiger partial charge in [-0.3, -0.25) is 14.9 Å². The lowest BCUT2D eigenvalue weighted by Gasteiger charge is -2.36.